The summed E-state index contributed by atoms with van der Waals surface area (Å²) in [5, 5.41) is 25.0. The van der Waals surface area contributed by atoms with Gasteiger partial charge in [0.1, 0.15) is 11.4 Å². The molecule has 4 nitrogen and oxygen atoms in total. The van der Waals surface area contributed by atoms with E-state index in [1.165, 1.54) is 0 Å². The van der Waals surface area contributed by atoms with E-state index < -0.39 is 5.60 Å². The molecule has 0 amide bonds. The number of benzene rings is 4. The van der Waals surface area contributed by atoms with Crippen molar-refractivity contribution in [2.45, 2.75) is 31.8 Å². The molecule has 0 aliphatic heterocycles. The zero-order chi connectivity index (χ0) is 23.2. The minimum Gasteiger partial charge on any atom is -0.507 e. The van der Waals surface area contributed by atoms with Crippen molar-refractivity contribution < 1.29 is 19.7 Å². The van der Waals surface area contributed by atoms with Gasteiger partial charge < -0.3 is 19.7 Å². The zero-order valence-corrected chi connectivity index (χ0v) is 19.2. The van der Waals surface area contributed by atoms with Gasteiger partial charge in [-0.05, 0) is 57.8 Å². The molecular formula is C29H28O4. The van der Waals surface area contributed by atoms with E-state index in [-0.39, 0.29) is 5.75 Å². The predicted octanol–water partition coefficient (Wildman–Crippen LogP) is 6.64. The molecule has 0 bridgehead atoms. The van der Waals surface area contributed by atoms with Crippen LogP contribution in [0, 0.1) is 0 Å². The van der Waals surface area contributed by atoms with E-state index >= 15 is 0 Å². The Balaban J connectivity index is 1.99. The quantitative estimate of drug-likeness (QED) is 0.365. The van der Waals surface area contributed by atoms with Crippen molar-refractivity contribution in [3.05, 3.63) is 77.9 Å². The van der Waals surface area contributed by atoms with Crippen LogP contribution >= 0.6 is 0 Å². The third kappa shape index (κ3) is 3.17. The molecule has 5 rings (SSSR count). The van der Waals surface area contributed by atoms with Gasteiger partial charge in [-0.15, -0.1) is 0 Å². The molecule has 4 heteroatoms. The molecule has 33 heavy (non-hydrogen) atoms. The van der Waals surface area contributed by atoms with Gasteiger partial charge in [0.05, 0.1) is 14.2 Å². The largest absolute Gasteiger partial charge is 0.507 e. The van der Waals surface area contributed by atoms with E-state index in [2.05, 4.69) is 25.1 Å². The Morgan fingerprint density at radius 2 is 1.36 bits per heavy atom. The van der Waals surface area contributed by atoms with Gasteiger partial charge in [0, 0.05) is 10.9 Å². The first kappa shape index (κ1) is 21.4. The maximum atomic E-state index is 12.4. The Kier molecular flexibility index (Phi) is 5.26. The van der Waals surface area contributed by atoms with Crippen LogP contribution in [0.2, 0.25) is 0 Å². The average molecular weight is 441 g/mol. The highest BCUT2D eigenvalue weighted by atomic mass is 16.5. The van der Waals surface area contributed by atoms with E-state index in [1.54, 1.807) is 26.4 Å². The van der Waals surface area contributed by atoms with Crippen molar-refractivity contribution in [3.8, 4) is 39.5 Å². The summed E-state index contributed by atoms with van der Waals surface area (Å²) in [6.45, 7) is 2.12. The normalized spacial score (nSPS) is 16.5. The first-order valence-electron chi connectivity index (χ1n) is 11.4. The van der Waals surface area contributed by atoms with Crippen LogP contribution in [0.15, 0.2) is 66.7 Å². The third-order valence-corrected chi connectivity index (χ3v) is 6.82. The molecule has 0 aromatic heterocycles. The molecule has 4 aromatic rings. The summed E-state index contributed by atoms with van der Waals surface area (Å²) in [6, 6.07) is 21.7. The molecule has 1 aliphatic rings. The van der Waals surface area contributed by atoms with Gasteiger partial charge in [0.2, 0.25) is 0 Å². The standard InChI is InChI=1S/C29H28O4/c1-4-5-14-29(31)23-13-9-8-11-19(23)18-10-6-7-12-20(18)28-22-16-27(33-3)26(32-2)15-21(22)25(30)17-24(28)29/h6-13,15-17,30-31H,4-5,14H2,1-3H3. The van der Waals surface area contributed by atoms with Crippen LogP contribution in [0.1, 0.15) is 37.3 Å². The zero-order valence-electron chi connectivity index (χ0n) is 19.2. The fraction of sp³-hybridized carbons (Fsp3) is 0.241. The molecule has 0 saturated carbocycles. The average Bonchev–Trinajstić information content (AvgIpc) is 2.94. The Hall–Kier alpha value is -3.50. The van der Waals surface area contributed by atoms with Crippen LogP contribution in [-0.4, -0.2) is 24.4 Å². The minimum atomic E-state index is -1.25. The summed E-state index contributed by atoms with van der Waals surface area (Å²) < 4.78 is 11.1. The van der Waals surface area contributed by atoms with Crippen LogP contribution in [0.4, 0.5) is 0 Å². The second-order valence-corrected chi connectivity index (χ2v) is 8.63. The summed E-state index contributed by atoms with van der Waals surface area (Å²) in [7, 11) is 3.19. The lowest BCUT2D eigenvalue weighted by atomic mass is 9.78. The first-order valence-corrected chi connectivity index (χ1v) is 11.4. The van der Waals surface area contributed by atoms with Crippen molar-refractivity contribution in [2.24, 2.45) is 0 Å². The summed E-state index contributed by atoms with van der Waals surface area (Å²) in [5.74, 6) is 1.23. The number of aliphatic hydroxyl groups is 1. The third-order valence-electron chi connectivity index (χ3n) is 6.82. The molecule has 0 radical (unpaired) electrons. The predicted molar refractivity (Wildman–Crippen MR) is 132 cm³/mol. The van der Waals surface area contributed by atoms with Crippen LogP contribution < -0.4 is 9.47 Å². The number of unbranched alkanes of at least 4 members (excludes halogenated alkanes) is 1. The maximum Gasteiger partial charge on any atom is 0.161 e. The highest BCUT2D eigenvalue weighted by Crippen LogP contribution is 2.54. The van der Waals surface area contributed by atoms with E-state index in [0.717, 1.165) is 46.0 Å². The monoisotopic (exact) mass is 440 g/mol. The Morgan fingerprint density at radius 1 is 0.758 bits per heavy atom. The SMILES string of the molecule is CCCCC1(O)c2ccccc2-c2ccccc2-c2c1cc(O)c1cc(OC)c(OC)cc21. The molecule has 2 N–H and O–H groups in total. The molecule has 1 aliphatic carbocycles. The summed E-state index contributed by atoms with van der Waals surface area (Å²) in [4.78, 5) is 0. The fourth-order valence-electron chi connectivity index (χ4n) is 5.21. The van der Waals surface area contributed by atoms with Crippen molar-refractivity contribution in [3.63, 3.8) is 0 Å². The summed E-state index contributed by atoms with van der Waals surface area (Å²) in [5.41, 5.74) is 4.33. The molecule has 0 heterocycles. The van der Waals surface area contributed by atoms with E-state index in [1.807, 2.05) is 36.4 Å². The van der Waals surface area contributed by atoms with Gasteiger partial charge in [-0.25, -0.2) is 0 Å². The maximum absolute atomic E-state index is 12.4. The van der Waals surface area contributed by atoms with Gasteiger partial charge in [-0.2, -0.15) is 0 Å². The van der Waals surface area contributed by atoms with E-state index in [9.17, 15) is 10.2 Å². The number of hydrogen-bond acceptors (Lipinski definition) is 4. The fourth-order valence-corrected chi connectivity index (χ4v) is 5.21. The molecule has 1 unspecified atom stereocenters. The minimum absolute atomic E-state index is 0.108. The van der Waals surface area contributed by atoms with Gasteiger partial charge in [-0.3, -0.25) is 0 Å². The van der Waals surface area contributed by atoms with Crippen LogP contribution in [-0.2, 0) is 5.60 Å². The molecule has 0 saturated heterocycles. The Morgan fingerprint density at radius 3 is 2.03 bits per heavy atom. The highest BCUT2D eigenvalue weighted by Gasteiger charge is 2.39. The molecule has 0 spiro atoms. The highest BCUT2D eigenvalue weighted by molar-refractivity contribution is 6.07. The van der Waals surface area contributed by atoms with Crippen molar-refractivity contribution >= 4 is 10.8 Å². The lowest BCUT2D eigenvalue weighted by molar-refractivity contribution is 0.0698. The first-order chi connectivity index (χ1) is 16.0. The second kappa shape index (κ2) is 8.13. The molecular weight excluding hydrogens is 412 g/mol. The molecule has 4 aromatic carbocycles. The molecule has 0 fully saturated rings. The number of aromatic hydroxyl groups is 1. The lowest BCUT2D eigenvalue weighted by Gasteiger charge is -2.32. The molecule has 168 valence electrons. The van der Waals surface area contributed by atoms with Crippen LogP contribution in [0.5, 0.6) is 17.2 Å². The van der Waals surface area contributed by atoms with Gasteiger partial charge in [0.25, 0.3) is 0 Å². The topological polar surface area (TPSA) is 58.9 Å². The van der Waals surface area contributed by atoms with Gasteiger partial charge >= 0.3 is 0 Å². The Bertz CT molecular complexity index is 1360. The second-order valence-electron chi connectivity index (χ2n) is 8.63. The smallest absolute Gasteiger partial charge is 0.161 e. The van der Waals surface area contributed by atoms with Gasteiger partial charge in [-0.1, -0.05) is 68.3 Å². The number of ether oxygens (including phenoxy) is 2. The number of phenols is 1. The number of methoxy groups -OCH3 is 2. The summed E-state index contributed by atoms with van der Waals surface area (Å²) in [6.07, 6.45) is 2.36. The van der Waals surface area contributed by atoms with Crippen molar-refractivity contribution in [2.75, 3.05) is 14.2 Å². The lowest BCUT2D eigenvalue weighted by Crippen LogP contribution is -2.28. The van der Waals surface area contributed by atoms with Gasteiger partial charge in [0.15, 0.2) is 11.5 Å². The summed E-state index contributed by atoms with van der Waals surface area (Å²) >= 11 is 0. The Labute approximate surface area is 194 Å². The van der Waals surface area contributed by atoms with Crippen molar-refractivity contribution in [1.29, 1.82) is 0 Å². The van der Waals surface area contributed by atoms with Crippen LogP contribution in [0.25, 0.3) is 33.0 Å². The van der Waals surface area contributed by atoms with E-state index in [4.69, 9.17) is 9.47 Å². The van der Waals surface area contributed by atoms with Crippen molar-refractivity contribution in [1.82, 2.24) is 0 Å². The molecule has 1 atom stereocenters. The number of phenolic OH excluding ortho intramolecular Hbond substituents is 1. The number of rotatable bonds is 5. The number of hydrogen-bond donors (Lipinski definition) is 2. The van der Waals surface area contributed by atoms with Crippen LogP contribution in [0.3, 0.4) is 0 Å². The number of fused-ring (bicyclic) bond motifs is 7. The van der Waals surface area contributed by atoms with E-state index in [0.29, 0.717) is 28.9 Å².